The average Bonchev–Trinajstić information content (AvgIpc) is 2.34. The Balaban J connectivity index is 1.84. The summed E-state index contributed by atoms with van der Waals surface area (Å²) in [5, 5.41) is 12.1. The van der Waals surface area contributed by atoms with Crippen LogP contribution in [0.15, 0.2) is 24.3 Å². The van der Waals surface area contributed by atoms with Gasteiger partial charge in [0.1, 0.15) is 0 Å². The quantitative estimate of drug-likeness (QED) is 0.683. The molecule has 0 aliphatic carbocycles. The summed E-state index contributed by atoms with van der Waals surface area (Å²) in [4.78, 5) is 2.22. The second kappa shape index (κ2) is 5.83. The van der Waals surface area contributed by atoms with Gasteiger partial charge in [-0.05, 0) is 32.1 Å². The number of rotatable bonds is 1. The predicted molar refractivity (Wildman–Crippen MR) is 69.4 cm³/mol. The zero-order valence-corrected chi connectivity index (χ0v) is 10.1. The summed E-state index contributed by atoms with van der Waals surface area (Å²) in [5.41, 5.74) is 2.31. The summed E-state index contributed by atoms with van der Waals surface area (Å²) in [5.74, 6) is 6.31. The largest absolute Gasteiger partial charge is 0.785 e. The van der Waals surface area contributed by atoms with Crippen molar-refractivity contribution in [1.29, 1.82) is 0 Å². The van der Waals surface area contributed by atoms with Crippen molar-refractivity contribution < 1.29 is 0 Å². The van der Waals surface area contributed by atoms with Crippen molar-refractivity contribution in [2.75, 3.05) is 32.7 Å². The van der Waals surface area contributed by atoms with Crippen LogP contribution >= 0.6 is 0 Å². The Morgan fingerprint density at radius 3 is 2.41 bits per heavy atom. The molecule has 1 heterocycles. The Labute approximate surface area is 103 Å². The summed E-state index contributed by atoms with van der Waals surface area (Å²) < 4.78 is 0. The number of nitrogens with zero attached hydrogens (tertiary/aromatic N) is 2. The molecule has 1 saturated heterocycles. The normalized spacial score (nSPS) is 17.5. The highest BCUT2D eigenvalue weighted by molar-refractivity contribution is 5.35. The van der Waals surface area contributed by atoms with Crippen molar-refractivity contribution in [3.63, 3.8) is 0 Å². The number of benzene rings is 1. The number of hydroxylamine groups is 2. The first-order valence-electron chi connectivity index (χ1n) is 5.94. The van der Waals surface area contributed by atoms with E-state index in [2.05, 4.69) is 35.8 Å². The minimum absolute atomic E-state index is 0.603. The molecule has 17 heavy (non-hydrogen) atoms. The molecule has 3 nitrogen and oxygen atoms in total. The van der Waals surface area contributed by atoms with E-state index in [-0.39, 0.29) is 0 Å². The summed E-state index contributed by atoms with van der Waals surface area (Å²) in [6.07, 6.45) is 0. The van der Waals surface area contributed by atoms with Gasteiger partial charge < -0.3 is 10.3 Å². The Morgan fingerprint density at radius 1 is 1.12 bits per heavy atom. The molecule has 0 spiro atoms. The van der Waals surface area contributed by atoms with E-state index in [4.69, 9.17) is 0 Å². The van der Waals surface area contributed by atoms with E-state index in [1.165, 1.54) is 5.56 Å². The zero-order chi connectivity index (χ0) is 12.1. The number of aryl methyl sites for hydroxylation is 1. The Bertz CT molecular complexity index is 408. The molecule has 0 atom stereocenters. The smallest absolute Gasteiger partial charge is 0.0606 e. The van der Waals surface area contributed by atoms with Crippen LogP contribution in [-0.4, -0.2) is 42.7 Å². The van der Waals surface area contributed by atoms with Gasteiger partial charge in [-0.25, -0.2) is 0 Å². The SMILES string of the molecule is Cc1ccc(C#CCN2CCN([O-])CC2)cc1. The van der Waals surface area contributed by atoms with Crippen LogP contribution in [0.4, 0.5) is 0 Å². The second-order valence-corrected chi connectivity index (χ2v) is 4.37. The van der Waals surface area contributed by atoms with Crippen LogP contribution in [0.3, 0.4) is 0 Å². The highest BCUT2D eigenvalue weighted by Gasteiger charge is 2.08. The van der Waals surface area contributed by atoms with Crippen molar-refractivity contribution in [3.8, 4) is 11.8 Å². The van der Waals surface area contributed by atoms with Gasteiger partial charge in [0.15, 0.2) is 0 Å². The Hall–Kier alpha value is -1.34. The van der Waals surface area contributed by atoms with E-state index >= 15 is 0 Å². The maximum atomic E-state index is 11.0. The fourth-order valence-electron chi connectivity index (χ4n) is 1.78. The Morgan fingerprint density at radius 2 is 1.76 bits per heavy atom. The fraction of sp³-hybridized carbons (Fsp3) is 0.429. The van der Waals surface area contributed by atoms with Gasteiger partial charge in [-0.1, -0.05) is 29.5 Å². The van der Waals surface area contributed by atoms with Crippen molar-refractivity contribution in [1.82, 2.24) is 9.96 Å². The van der Waals surface area contributed by atoms with E-state index < -0.39 is 0 Å². The van der Waals surface area contributed by atoms with Crippen molar-refractivity contribution in [3.05, 3.63) is 40.6 Å². The summed E-state index contributed by atoms with van der Waals surface area (Å²) in [6, 6.07) is 8.22. The molecule has 0 saturated carbocycles. The standard InChI is InChI=1S/C14H17N2O/c1-13-4-6-14(7-5-13)3-2-8-15-9-11-16(17)12-10-15/h4-7H,8-12H2,1H3/q-1. The lowest BCUT2D eigenvalue weighted by atomic mass is 10.1. The topological polar surface area (TPSA) is 29.5 Å². The van der Waals surface area contributed by atoms with Crippen LogP contribution in [0, 0.1) is 24.0 Å². The number of hydrogen-bond donors (Lipinski definition) is 0. The Kier molecular flexibility index (Phi) is 4.16. The third kappa shape index (κ3) is 3.86. The van der Waals surface area contributed by atoms with Gasteiger partial charge in [-0.15, -0.1) is 0 Å². The first-order chi connectivity index (χ1) is 8.24. The molecule has 3 heteroatoms. The van der Waals surface area contributed by atoms with E-state index in [1.54, 1.807) is 0 Å². The van der Waals surface area contributed by atoms with Crippen LogP contribution < -0.4 is 0 Å². The number of piperazine rings is 1. The molecule has 1 aliphatic rings. The molecule has 0 unspecified atom stereocenters. The van der Waals surface area contributed by atoms with E-state index in [0.717, 1.165) is 30.3 Å². The lowest BCUT2D eigenvalue weighted by Crippen LogP contribution is -2.43. The van der Waals surface area contributed by atoms with E-state index in [9.17, 15) is 5.21 Å². The first-order valence-corrected chi connectivity index (χ1v) is 5.94. The van der Waals surface area contributed by atoms with Crippen LogP contribution in [0.1, 0.15) is 11.1 Å². The van der Waals surface area contributed by atoms with E-state index in [1.807, 2.05) is 12.1 Å². The zero-order valence-electron chi connectivity index (χ0n) is 10.1. The molecule has 1 aliphatic heterocycles. The van der Waals surface area contributed by atoms with E-state index in [0.29, 0.717) is 13.1 Å². The maximum Gasteiger partial charge on any atom is 0.0606 e. The lowest BCUT2D eigenvalue weighted by molar-refractivity contribution is 0.185. The van der Waals surface area contributed by atoms with Gasteiger partial charge in [0, 0.05) is 18.7 Å². The van der Waals surface area contributed by atoms with Crippen molar-refractivity contribution in [2.24, 2.45) is 0 Å². The average molecular weight is 229 g/mol. The monoisotopic (exact) mass is 229 g/mol. The lowest BCUT2D eigenvalue weighted by Gasteiger charge is -2.37. The van der Waals surface area contributed by atoms with Crippen LogP contribution in [0.25, 0.3) is 0 Å². The molecule has 0 N–H and O–H groups in total. The minimum Gasteiger partial charge on any atom is -0.785 e. The molecule has 1 aromatic rings. The van der Waals surface area contributed by atoms with Gasteiger partial charge in [0.25, 0.3) is 0 Å². The summed E-state index contributed by atoms with van der Waals surface area (Å²) in [6.45, 7) is 5.68. The molecular weight excluding hydrogens is 212 g/mol. The molecular formula is C14H17N2O-. The van der Waals surface area contributed by atoms with Gasteiger partial charge in [-0.2, -0.15) is 0 Å². The van der Waals surface area contributed by atoms with Crippen LogP contribution in [-0.2, 0) is 0 Å². The minimum atomic E-state index is 0.603. The van der Waals surface area contributed by atoms with Gasteiger partial charge in [-0.3, -0.25) is 4.90 Å². The fourth-order valence-corrected chi connectivity index (χ4v) is 1.78. The molecule has 90 valence electrons. The first kappa shape index (κ1) is 12.1. The van der Waals surface area contributed by atoms with Crippen LogP contribution in [0.2, 0.25) is 0 Å². The van der Waals surface area contributed by atoms with Crippen molar-refractivity contribution in [2.45, 2.75) is 6.92 Å². The summed E-state index contributed by atoms with van der Waals surface area (Å²) in [7, 11) is 0. The second-order valence-electron chi connectivity index (χ2n) is 4.37. The molecule has 0 amide bonds. The maximum absolute atomic E-state index is 11.0. The molecule has 1 aromatic carbocycles. The molecule has 0 radical (unpaired) electrons. The van der Waals surface area contributed by atoms with Gasteiger partial charge >= 0.3 is 0 Å². The molecule has 2 rings (SSSR count). The van der Waals surface area contributed by atoms with Crippen LogP contribution in [0.5, 0.6) is 0 Å². The predicted octanol–water partition coefficient (Wildman–Crippen LogP) is 1.46. The van der Waals surface area contributed by atoms with Crippen molar-refractivity contribution >= 4 is 0 Å². The third-order valence-electron chi connectivity index (χ3n) is 2.92. The number of hydrogen-bond acceptors (Lipinski definition) is 3. The molecule has 0 aromatic heterocycles. The van der Waals surface area contributed by atoms with Gasteiger partial charge in [0.2, 0.25) is 0 Å². The highest BCUT2D eigenvalue weighted by atomic mass is 16.5. The molecule has 0 bridgehead atoms. The molecule has 1 fully saturated rings. The highest BCUT2D eigenvalue weighted by Crippen LogP contribution is 2.01. The third-order valence-corrected chi connectivity index (χ3v) is 2.92. The summed E-state index contributed by atoms with van der Waals surface area (Å²) >= 11 is 0. The van der Waals surface area contributed by atoms with Gasteiger partial charge in [0.05, 0.1) is 6.54 Å².